The SMILES string of the molecule is CN(C)c1ccc(C(=O)OCC2CCCC2)cc1N. The lowest BCUT2D eigenvalue weighted by atomic mass is 10.1. The molecule has 1 aromatic carbocycles. The van der Waals surface area contributed by atoms with Crippen molar-refractivity contribution in [2.45, 2.75) is 25.7 Å². The van der Waals surface area contributed by atoms with Gasteiger partial charge in [-0.15, -0.1) is 0 Å². The summed E-state index contributed by atoms with van der Waals surface area (Å²) >= 11 is 0. The van der Waals surface area contributed by atoms with Gasteiger partial charge in [0.25, 0.3) is 0 Å². The predicted molar refractivity (Wildman–Crippen MR) is 77.4 cm³/mol. The fourth-order valence-corrected chi connectivity index (χ4v) is 2.54. The summed E-state index contributed by atoms with van der Waals surface area (Å²) < 4.78 is 5.36. The van der Waals surface area contributed by atoms with Crippen LogP contribution in [0, 0.1) is 5.92 Å². The molecule has 1 fully saturated rings. The maximum absolute atomic E-state index is 11.9. The van der Waals surface area contributed by atoms with Crippen molar-refractivity contribution in [3.8, 4) is 0 Å². The van der Waals surface area contributed by atoms with Crippen molar-refractivity contribution >= 4 is 17.3 Å². The molecule has 1 aromatic rings. The maximum Gasteiger partial charge on any atom is 0.338 e. The monoisotopic (exact) mass is 262 g/mol. The summed E-state index contributed by atoms with van der Waals surface area (Å²) in [4.78, 5) is 13.9. The second-order valence-corrected chi connectivity index (χ2v) is 5.42. The van der Waals surface area contributed by atoms with Gasteiger partial charge < -0.3 is 15.4 Å². The number of nitrogens with two attached hydrogens (primary N) is 1. The van der Waals surface area contributed by atoms with E-state index in [1.165, 1.54) is 25.7 Å². The van der Waals surface area contributed by atoms with Gasteiger partial charge in [-0.05, 0) is 37.0 Å². The van der Waals surface area contributed by atoms with E-state index in [-0.39, 0.29) is 5.97 Å². The summed E-state index contributed by atoms with van der Waals surface area (Å²) in [5.74, 6) is 0.270. The van der Waals surface area contributed by atoms with Gasteiger partial charge in [-0.2, -0.15) is 0 Å². The number of esters is 1. The average Bonchev–Trinajstić information content (AvgIpc) is 2.88. The highest BCUT2D eigenvalue weighted by molar-refractivity contribution is 5.92. The molecule has 0 amide bonds. The summed E-state index contributed by atoms with van der Waals surface area (Å²) in [7, 11) is 3.84. The van der Waals surface area contributed by atoms with Crippen molar-refractivity contribution in [1.29, 1.82) is 0 Å². The molecule has 0 bridgehead atoms. The van der Waals surface area contributed by atoms with Gasteiger partial charge >= 0.3 is 5.97 Å². The first-order valence-electron chi connectivity index (χ1n) is 6.82. The summed E-state index contributed by atoms with van der Waals surface area (Å²) in [5, 5.41) is 0. The molecule has 1 saturated carbocycles. The third kappa shape index (κ3) is 3.40. The molecule has 2 rings (SSSR count). The van der Waals surface area contributed by atoms with Gasteiger partial charge in [-0.1, -0.05) is 12.8 Å². The normalized spacial score (nSPS) is 15.5. The van der Waals surface area contributed by atoms with Gasteiger partial charge in [0, 0.05) is 14.1 Å². The molecule has 4 nitrogen and oxygen atoms in total. The number of benzene rings is 1. The van der Waals surface area contributed by atoms with Crippen molar-refractivity contribution in [1.82, 2.24) is 0 Å². The van der Waals surface area contributed by atoms with Crippen LogP contribution in [0.3, 0.4) is 0 Å². The van der Waals surface area contributed by atoms with Crippen LogP contribution < -0.4 is 10.6 Å². The number of rotatable bonds is 4. The third-order valence-corrected chi connectivity index (χ3v) is 3.67. The minimum absolute atomic E-state index is 0.274. The molecule has 1 aliphatic rings. The number of ether oxygens (including phenoxy) is 1. The van der Waals surface area contributed by atoms with E-state index in [4.69, 9.17) is 10.5 Å². The Labute approximate surface area is 114 Å². The molecule has 0 atom stereocenters. The van der Waals surface area contributed by atoms with Crippen molar-refractivity contribution < 1.29 is 9.53 Å². The van der Waals surface area contributed by atoms with Crippen LogP contribution in [0.5, 0.6) is 0 Å². The fraction of sp³-hybridized carbons (Fsp3) is 0.533. The lowest BCUT2D eigenvalue weighted by Crippen LogP contribution is -2.14. The van der Waals surface area contributed by atoms with Crippen molar-refractivity contribution in [2.75, 3.05) is 31.3 Å². The van der Waals surface area contributed by atoms with Crippen LogP contribution in [0.2, 0.25) is 0 Å². The molecule has 19 heavy (non-hydrogen) atoms. The first-order chi connectivity index (χ1) is 9.08. The quantitative estimate of drug-likeness (QED) is 0.669. The minimum atomic E-state index is -0.274. The Morgan fingerprint density at radius 2 is 2.05 bits per heavy atom. The summed E-state index contributed by atoms with van der Waals surface area (Å²) in [6.07, 6.45) is 4.86. The van der Waals surface area contributed by atoms with Crippen molar-refractivity contribution in [3.05, 3.63) is 23.8 Å². The van der Waals surface area contributed by atoms with E-state index in [2.05, 4.69) is 0 Å². The number of carbonyl (C=O) groups excluding carboxylic acids is 1. The molecule has 0 aromatic heterocycles. The number of anilines is 2. The highest BCUT2D eigenvalue weighted by atomic mass is 16.5. The standard InChI is InChI=1S/C15H22N2O2/c1-17(2)14-8-7-12(9-13(14)16)15(18)19-10-11-5-3-4-6-11/h7-9,11H,3-6,10,16H2,1-2H3. The van der Waals surface area contributed by atoms with Crippen LogP contribution in [-0.2, 0) is 4.74 Å². The number of hydrogen-bond acceptors (Lipinski definition) is 4. The Morgan fingerprint density at radius 1 is 1.37 bits per heavy atom. The minimum Gasteiger partial charge on any atom is -0.462 e. The van der Waals surface area contributed by atoms with Gasteiger partial charge in [-0.3, -0.25) is 0 Å². The maximum atomic E-state index is 11.9. The molecular weight excluding hydrogens is 240 g/mol. The molecule has 2 N–H and O–H groups in total. The molecule has 0 aliphatic heterocycles. The number of nitrogen functional groups attached to an aromatic ring is 1. The third-order valence-electron chi connectivity index (χ3n) is 3.67. The summed E-state index contributed by atoms with van der Waals surface area (Å²) in [5.41, 5.74) is 7.96. The van der Waals surface area contributed by atoms with Crippen molar-refractivity contribution in [2.24, 2.45) is 5.92 Å². The molecular formula is C15H22N2O2. The second kappa shape index (κ2) is 5.95. The Balaban J connectivity index is 1.96. The highest BCUT2D eigenvalue weighted by Gasteiger charge is 2.18. The van der Waals surface area contributed by atoms with E-state index in [0.717, 1.165) is 5.69 Å². The van der Waals surface area contributed by atoms with Gasteiger partial charge in [0.05, 0.1) is 23.5 Å². The molecule has 0 saturated heterocycles. The molecule has 1 aliphatic carbocycles. The average molecular weight is 262 g/mol. The lowest BCUT2D eigenvalue weighted by molar-refractivity contribution is 0.0442. The molecule has 104 valence electrons. The highest BCUT2D eigenvalue weighted by Crippen LogP contribution is 2.26. The first-order valence-corrected chi connectivity index (χ1v) is 6.82. The van der Waals surface area contributed by atoms with E-state index in [1.54, 1.807) is 12.1 Å². The first kappa shape index (κ1) is 13.7. The van der Waals surface area contributed by atoms with Gasteiger partial charge in [-0.25, -0.2) is 4.79 Å². The molecule has 0 heterocycles. The van der Waals surface area contributed by atoms with Crippen LogP contribution in [-0.4, -0.2) is 26.7 Å². The van der Waals surface area contributed by atoms with Gasteiger partial charge in [0.2, 0.25) is 0 Å². The van der Waals surface area contributed by atoms with E-state index in [9.17, 15) is 4.79 Å². The van der Waals surface area contributed by atoms with Crippen LogP contribution in [0.15, 0.2) is 18.2 Å². The van der Waals surface area contributed by atoms with Crippen LogP contribution in [0.1, 0.15) is 36.0 Å². The Morgan fingerprint density at radius 3 is 2.63 bits per heavy atom. The summed E-state index contributed by atoms with van der Waals surface area (Å²) in [6.45, 7) is 0.536. The van der Waals surface area contributed by atoms with E-state index in [0.29, 0.717) is 23.8 Å². The molecule has 0 unspecified atom stereocenters. The zero-order valence-corrected chi connectivity index (χ0v) is 11.7. The Hall–Kier alpha value is -1.71. The largest absolute Gasteiger partial charge is 0.462 e. The molecule has 4 heteroatoms. The molecule has 0 spiro atoms. The van der Waals surface area contributed by atoms with Gasteiger partial charge in [0.15, 0.2) is 0 Å². The zero-order chi connectivity index (χ0) is 13.8. The lowest BCUT2D eigenvalue weighted by Gasteiger charge is -2.16. The Bertz CT molecular complexity index is 451. The zero-order valence-electron chi connectivity index (χ0n) is 11.7. The number of carbonyl (C=O) groups is 1. The van der Waals surface area contributed by atoms with E-state index < -0.39 is 0 Å². The topological polar surface area (TPSA) is 55.6 Å². The second-order valence-electron chi connectivity index (χ2n) is 5.42. The van der Waals surface area contributed by atoms with Crippen LogP contribution in [0.4, 0.5) is 11.4 Å². The van der Waals surface area contributed by atoms with Crippen molar-refractivity contribution in [3.63, 3.8) is 0 Å². The summed E-state index contributed by atoms with van der Waals surface area (Å²) in [6, 6.07) is 5.30. The number of nitrogens with zero attached hydrogens (tertiary/aromatic N) is 1. The fourth-order valence-electron chi connectivity index (χ4n) is 2.54. The van der Waals surface area contributed by atoms with Crippen LogP contribution in [0.25, 0.3) is 0 Å². The number of hydrogen-bond donors (Lipinski definition) is 1. The molecule has 0 radical (unpaired) electrons. The smallest absolute Gasteiger partial charge is 0.338 e. The van der Waals surface area contributed by atoms with E-state index in [1.807, 2.05) is 25.1 Å². The van der Waals surface area contributed by atoms with Crippen LogP contribution >= 0.6 is 0 Å². The predicted octanol–water partition coefficient (Wildman–Crippen LogP) is 2.68. The Kier molecular flexibility index (Phi) is 4.30. The van der Waals surface area contributed by atoms with Gasteiger partial charge in [0.1, 0.15) is 0 Å². The van der Waals surface area contributed by atoms with E-state index >= 15 is 0 Å².